The van der Waals surface area contributed by atoms with E-state index < -0.39 is 0 Å². The van der Waals surface area contributed by atoms with E-state index in [4.69, 9.17) is 0 Å². The third-order valence-corrected chi connectivity index (χ3v) is 5.28. The van der Waals surface area contributed by atoms with E-state index in [1.807, 2.05) is 43.5 Å². The number of hydrogen-bond donors (Lipinski definition) is 1. The van der Waals surface area contributed by atoms with Crippen LogP contribution in [0.3, 0.4) is 0 Å². The average molecular weight is 340 g/mol. The molecule has 0 spiro atoms. The summed E-state index contributed by atoms with van der Waals surface area (Å²) in [6.07, 6.45) is 2.11. The topological polar surface area (TPSA) is 50.2 Å². The zero-order valence-corrected chi connectivity index (χ0v) is 15.6. The van der Waals surface area contributed by atoms with Gasteiger partial charge >= 0.3 is 6.03 Å². The molecule has 1 saturated heterocycles. The number of hydrogen-bond acceptors (Lipinski definition) is 2. The normalized spacial score (nSPS) is 18.4. The fourth-order valence-corrected chi connectivity index (χ4v) is 3.90. The fraction of sp³-hybridized carbons (Fsp3) is 0.500. The highest BCUT2D eigenvalue weighted by Crippen LogP contribution is 2.23. The Labute approximate surface area is 150 Å². The second-order valence-electron chi connectivity index (χ2n) is 7.17. The van der Waals surface area contributed by atoms with Crippen molar-refractivity contribution in [3.63, 3.8) is 0 Å². The lowest BCUT2D eigenvalue weighted by atomic mass is 9.99. The van der Waals surface area contributed by atoms with Gasteiger partial charge in [0.15, 0.2) is 0 Å². The molecule has 2 amide bonds. The summed E-state index contributed by atoms with van der Waals surface area (Å²) in [7, 11) is 1.94. The maximum absolute atomic E-state index is 12.6. The van der Waals surface area contributed by atoms with E-state index in [0.717, 1.165) is 42.9 Å². The van der Waals surface area contributed by atoms with E-state index >= 15 is 0 Å². The molecule has 134 valence electrons. The summed E-state index contributed by atoms with van der Waals surface area (Å²) < 4.78 is 1.87. The highest BCUT2D eigenvalue weighted by atomic mass is 16.2. The Kier molecular flexibility index (Phi) is 5.11. The highest BCUT2D eigenvalue weighted by molar-refractivity contribution is 5.75. The van der Waals surface area contributed by atoms with E-state index in [1.165, 1.54) is 5.56 Å². The smallest absolute Gasteiger partial charge is 0.317 e. The molecular weight excluding hydrogens is 312 g/mol. The van der Waals surface area contributed by atoms with Gasteiger partial charge in [-0.15, -0.1) is 0 Å². The molecule has 0 saturated carbocycles. The zero-order chi connectivity index (χ0) is 18.0. The lowest BCUT2D eigenvalue weighted by Crippen LogP contribution is -2.40. The minimum Gasteiger partial charge on any atom is -0.331 e. The fourth-order valence-electron chi connectivity index (χ4n) is 3.90. The lowest BCUT2D eigenvalue weighted by molar-refractivity contribution is 0.203. The molecule has 1 aliphatic rings. The average Bonchev–Trinajstić information content (AvgIpc) is 3.13. The van der Waals surface area contributed by atoms with Crippen molar-refractivity contribution in [1.82, 2.24) is 20.0 Å². The van der Waals surface area contributed by atoms with Crippen LogP contribution in [0.5, 0.6) is 0 Å². The van der Waals surface area contributed by atoms with Crippen LogP contribution in [0.2, 0.25) is 0 Å². The second-order valence-corrected chi connectivity index (χ2v) is 7.17. The van der Waals surface area contributed by atoms with E-state index in [-0.39, 0.29) is 12.1 Å². The standard InChI is InChI=1S/C20H28N4O/c1-14(19-15(2)22-23(4)16(19)3)21-20(25)24-11-10-18(13-24)12-17-8-6-5-7-9-17/h5-9,14,18H,10-13H2,1-4H3,(H,21,25)/t14-,18+/m0/s1. The van der Waals surface area contributed by atoms with Gasteiger partial charge in [-0.3, -0.25) is 4.68 Å². The van der Waals surface area contributed by atoms with Gasteiger partial charge in [-0.05, 0) is 45.1 Å². The zero-order valence-electron chi connectivity index (χ0n) is 15.6. The van der Waals surface area contributed by atoms with Gasteiger partial charge in [0.2, 0.25) is 0 Å². The minimum atomic E-state index is -0.0330. The number of nitrogens with zero attached hydrogens (tertiary/aromatic N) is 3. The summed E-state index contributed by atoms with van der Waals surface area (Å²) in [5.74, 6) is 0.547. The number of aryl methyl sites for hydroxylation is 2. The van der Waals surface area contributed by atoms with Crippen molar-refractivity contribution >= 4 is 6.03 Å². The molecule has 5 nitrogen and oxygen atoms in total. The van der Waals surface area contributed by atoms with Crippen molar-refractivity contribution in [1.29, 1.82) is 0 Å². The van der Waals surface area contributed by atoms with Crippen molar-refractivity contribution in [2.75, 3.05) is 13.1 Å². The van der Waals surface area contributed by atoms with Crippen molar-refractivity contribution in [2.45, 2.75) is 39.7 Å². The Hall–Kier alpha value is -2.30. The first-order valence-corrected chi connectivity index (χ1v) is 9.05. The van der Waals surface area contributed by atoms with E-state index in [9.17, 15) is 4.79 Å². The Balaban J connectivity index is 1.57. The van der Waals surface area contributed by atoms with Gasteiger partial charge in [-0.25, -0.2) is 4.79 Å². The van der Waals surface area contributed by atoms with Crippen LogP contribution >= 0.6 is 0 Å². The SMILES string of the molecule is Cc1nn(C)c(C)c1[C@H](C)NC(=O)N1CC[C@H](Cc2ccccc2)C1. The van der Waals surface area contributed by atoms with Crippen molar-refractivity contribution in [3.8, 4) is 0 Å². The first-order chi connectivity index (χ1) is 12.0. The molecule has 0 unspecified atom stereocenters. The molecular formula is C20H28N4O. The summed E-state index contributed by atoms with van der Waals surface area (Å²) in [6.45, 7) is 7.74. The van der Waals surface area contributed by atoms with Gasteiger partial charge in [0, 0.05) is 31.4 Å². The molecule has 0 bridgehead atoms. The molecule has 1 aliphatic heterocycles. The number of urea groups is 1. The monoisotopic (exact) mass is 340 g/mol. The second kappa shape index (κ2) is 7.30. The van der Waals surface area contributed by atoms with Crippen molar-refractivity contribution in [2.24, 2.45) is 13.0 Å². The molecule has 25 heavy (non-hydrogen) atoms. The number of amides is 2. The van der Waals surface area contributed by atoms with Crippen LogP contribution in [0, 0.1) is 19.8 Å². The molecule has 0 radical (unpaired) electrons. The largest absolute Gasteiger partial charge is 0.331 e. The van der Waals surface area contributed by atoms with E-state index in [2.05, 4.69) is 34.7 Å². The number of carbonyl (C=O) groups excluding carboxylic acids is 1. The lowest BCUT2D eigenvalue weighted by Gasteiger charge is -2.21. The predicted molar refractivity (Wildman–Crippen MR) is 99.5 cm³/mol. The van der Waals surface area contributed by atoms with Crippen LogP contribution in [-0.2, 0) is 13.5 Å². The first kappa shape index (κ1) is 17.5. The van der Waals surface area contributed by atoms with Gasteiger partial charge in [0.25, 0.3) is 0 Å². The van der Waals surface area contributed by atoms with Crippen LogP contribution in [0.1, 0.15) is 41.9 Å². The molecule has 0 aliphatic carbocycles. The van der Waals surface area contributed by atoms with Gasteiger partial charge < -0.3 is 10.2 Å². The maximum atomic E-state index is 12.6. The molecule has 1 aromatic heterocycles. The number of likely N-dealkylation sites (tertiary alicyclic amines) is 1. The third-order valence-electron chi connectivity index (χ3n) is 5.28. The first-order valence-electron chi connectivity index (χ1n) is 9.05. The summed E-state index contributed by atoms with van der Waals surface area (Å²) in [5, 5.41) is 7.60. The van der Waals surface area contributed by atoms with Crippen LogP contribution in [-0.4, -0.2) is 33.8 Å². The Morgan fingerprint density at radius 3 is 2.68 bits per heavy atom. The van der Waals surface area contributed by atoms with Crippen LogP contribution < -0.4 is 5.32 Å². The molecule has 1 N–H and O–H groups in total. The van der Waals surface area contributed by atoms with Crippen molar-refractivity contribution in [3.05, 3.63) is 52.8 Å². The number of benzene rings is 1. The van der Waals surface area contributed by atoms with Gasteiger partial charge in [-0.2, -0.15) is 5.10 Å². The molecule has 2 heterocycles. The molecule has 2 atom stereocenters. The summed E-state index contributed by atoms with van der Waals surface area (Å²) in [4.78, 5) is 14.6. The molecule has 1 fully saturated rings. The highest BCUT2D eigenvalue weighted by Gasteiger charge is 2.28. The summed E-state index contributed by atoms with van der Waals surface area (Å²) >= 11 is 0. The van der Waals surface area contributed by atoms with Crippen molar-refractivity contribution < 1.29 is 4.79 Å². The predicted octanol–water partition coefficient (Wildman–Crippen LogP) is 3.37. The quantitative estimate of drug-likeness (QED) is 0.928. The third kappa shape index (κ3) is 3.86. The minimum absolute atomic E-state index is 0.0330. The van der Waals surface area contributed by atoms with Gasteiger partial charge in [0.1, 0.15) is 0 Å². The summed E-state index contributed by atoms with van der Waals surface area (Å²) in [5.41, 5.74) is 4.56. The van der Waals surface area contributed by atoms with Crippen LogP contribution in [0.4, 0.5) is 4.79 Å². The molecule has 2 aromatic rings. The number of aromatic nitrogens is 2. The number of carbonyl (C=O) groups is 1. The maximum Gasteiger partial charge on any atom is 0.317 e. The summed E-state index contributed by atoms with van der Waals surface area (Å²) in [6, 6.07) is 10.5. The Morgan fingerprint density at radius 2 is 2.04 bits per heavy atom. The van der Waals surface area contributed by atoms with E-state index in [1.54, 1.807) is 0 Å². The van der Waals surface area contributed by atoms with Crippen LogP contribution in [0.15, 0.2) is 30.3 Å². The molecule has 5 heteroatoms. The molecule has 3 rings (SSSR count). The Bertz CT molecular complexity index is 738. The van der Waals surface area contributed by atoms with Crippen LogP contribution in [0.25, 0.3) is 0 Å². The van der Waals surface area contributed by atoms with E-state index in [0.29, 0.717) is 5.92 Å². The number of nitrogens with one attached hydrogen (secondary N) is 1. The van der Waals surface area contributed by atoms with Gasteiger partial charge in [-0.1, -0.05) is 30.3 Å². The molecule has 1 aromatic carbocycles. The Morgan fingerprint density at radius 1 is 1.32 bits per heavy atom. The number of rotatable bonds is 4. The van der Waals surface area contributed by atoms with Gasteiger partial charge in [0.05, 0.1) is 11.7 Å².